The number of amides is 1. The molecule has 3 aromatic carbocycles. The fourth-order valence-electron chi connectivity index (χ4n) is 4.13. The zero-order valence-electron chi connectivity index (χ0n) is 19.0. The molecule has 0 fully saturated rings. The van der Waals surface area contributed by atoms with Crippen molar-refractivity contribution in [1.29, 1.82) is 0 Å². The predicted molar refractivity (Wildman–Crippen MR) is 132 cm³/mol. The van der Waals surface area contributed by atoms with Crippen molar-refractivity contribution < 1.29 is 9.90 Å². The molecule has 0 aliphatic rings. The molecule has 1 aromatic heterocycles. The molecule has 0 bridgehead atoms. The van der Waals surface area contributed by atoms with Crippen molar-refractivity contribution in [3.05, 3.63) is 125 Å². The van der Waals surface area contributed by atoms with Crippen LogP contribution in [0.5, 0.6) is 0 Å². The number of benzene rings is 3. The lowest BCUT2D eigenvalue weighted by Gasteiger charge is -2.27. The van der Waals surface area contributed by atoms with E-state index in [4.69, 9.17) is 0 Å². The van der Waals surface area contributed by atoms with Crippen LogP contribution in [-0.2, 0) is 10.4 Å². The molecule has 1 amide bonds. The molecule has 4 aromatic rings. The minimum absolute atomic E-state index is 0.474. The normalized spacial score (nSPS) is 11.6. The molecular formula is C28H27N3O2. The van der Waals surface area contributed by atoms with Gasteiger partial charge in [-0.3, -0.25) is 4.79 Å². The third kappa shape index (κ3) is 4.23. The summed E-state index contributed by atoms with van der Waals surface area (Å²) in [5.41, 5.74) is 6.89. The Kier molecular flexibility index (Phi) is 6.24. The van der Waals surface area contributed by atoms with Crippen LogP contribution in [0.4, 0.5) is 0 Å². The van der Waals surface area contributed by atoms with Gasteiger partial charge in [0.05, 0.1) is 6.21 Å². The second-order valence-corrected chi connectivity index (χ2v) is 8.09. The number of hydrogen-bond acceptors (Lipinski definition) is 3. The zero-order valence-corrected chi connectivity index (χ0v) is 19.0. The Morgan fingerprint density at radius 1 is 0.879 bits per heavy atom. The van der Waals surface area contributed by atoms with E-state index in [0.717, 1.165) is 22.6 Å². The van der Waals surface area contributed by atoms with Crippen molar-refractivity contribution >= 4 is 12.1 Å². The minimum Gasteiger partial charge on any atom is -0.372 e. The lowest BCUT2D eigenvalue weighted by molar-refractivity contribution is -0.136. The van der Waals surface area contributed by atoms with Crippen LogP contribution in [0.3, 0.4) is 0 Å². The number of aryl methyl sites for hydroxylation is 2. The van der Waals surface area contributed by atoms with Gasteiger partial charge < -0.3 is 9.67 Å². The molecular weight excluding hydrogens is 410 g/mol. The molecule has 0 spiro atoms. The number of aromatic nitrogens is 1. The van der Waals surface area contributed by atoms with Gasteiger partial charge in [-0.05, 0) is 49.6 Å². The number of rotatable bonds is 6. The first kappa shape index (κ1) is 22.2. The molecule has 0 unspecified atom stereocenters. The van der Waals surface area contributed by atoms with Crippen LogP contribution in [0.15, 0.2) is 96.1 Å². The zero-order chi connectivity index (χ0) is 23.4. The van der Waals surface area contributed by atoms with Crippen molar-refractivity contribution in [3.8, 4) is 5.69 Å². The molecule has 0 saturated carbocycles. The monoisotopic (exact) mass is 437 g/mol. The van der Waals surface area contributed by atoms with E-state index < -0.39 is 11.5 Å². The maximum absolute atomic E-state index is 13.2. The fourth-order valence-corrected chi connectivity index (χ4v) is 4.13. The van der Waals surface area contributed by atoms with Crippen molar-refractivity contribution in [2.24, 2.45) is 5.10 Å². The molecule has 2 N–H and O–H groups in total. The third-order valence-corrected chi connectivity index (χ3v) is 5.91. The van der Waals surface area contributed by atoms with Gasteiger partial charge in [-0.2, -0.15) is 5.10 Å². The summed E-state index contributed by atoms with van der Waals surface area (Å²) in [6.45, 7) is 6.14. The van der Waals surface area contributed by atoms with Crippen LogP contribution >= 0.6 is 0 Å². The highest BCUT2D eigenvalue weighted by Crippen LogP contribution is 2.30. The number of carbonyl (C=O) groups excluding carboxylic acids is 1. The molecule has 0 radical (unpaired) electrons. The number of nitrogens with one attached hydrogen (secondary N) is 1. The van der Waals surface area contributed by atoms with Gasteiger partial charge in [0.25, 0.3) is 5.91 Å². The first-order valence-corrected chi connectivity index (χ1v) is 10.8. The van der Waals surface area contributed by atoms with Gasteiger partial charge in [-0.25, -0.2) is 5.43 Å². The lowest BCUT2D eigenvalue weighted by Crippen LogP contribution is -2.43. The summed E-state index contributed by atoms with van der Waals surface area (Å²) in [5, 5.41) is 15.7. The number of carbonyl (C=O) groups is 1. The van der Waals surface area contributed by atoms with Gasteiger partial charge in [-0.1, -0.05) is 78.9 Å². The van der Waals surface area contributed by atoms with Crippen LogP contribution < -0.4 is 5.43 Å². The van der Waals surface area contributed by atoms with E-state index in [-0.39, 0.29) is 0 Å². The summed E-state index contributed by atoms with van der Waals surface area (Å²) in [7, 11) is 0. The van der Waals surface area contributed by atoms with E-state index >= 15 is 0 Å². The number of para-hydroxylation sites is 1. The highest BCUT2D eigenvalue weighted by atomic mass is 16.3. The van der Waals surface area contributed by atoms with Gasteiger partial charge in [0.1, 0.15) is 0 Å². The molecule has 0 atom stereocenters. The smallest absolute Gasteiger partial charge is 0.281 e. The summed E-state index contributed by atoms with van der Waals surface area (Å²) in [6.07, 6.45) is 1.62. The Hall–Kier alpha value is -3.96. The maximum Gasteiger partial charge on any atom is 0.281 e. The van der Waals surface area contributed by atoms with Crippen molar-refractivity contribution in [2.75, 3.05) is 0 Å². The molecule has 0 aliphatic heterocycles. The highest BCUT2D eigenvalue weighted by Gasteiger charge is 2.39. The second-order valence-electron chi connectivity index (χ2n) is 8.09. The highest BCUT2D eigenvalue weighted by molar-refractivity contribution is 5.91. The third-order valence-electron chi connectivity index (χ3n) is 5.91. The van der Waals surface area contributed by atoms with E-state index in [1.807, 2.05) is 44.2 Å². The molecule has 33 heavy (non-hydrogen) atoms. The Bertz CT molecular complexity index is 1250. The molecule has 0 aliphatic carbocycles. The quantitative estimate of drug-likeness (QED) is 0.336. The lowest BCUT2D eigenvalue weighted by atomic mass is 9.85. The summed E-state index contributed by atoms with van der Waals surface area (Å²) < 4.78 is 2.17. The number of aliphatic hydroxyl groups is 1. The molecule has 5 nitrogen and oxygen atoms in total. The average molecular weight is 438 g/mol. The van der Waals surface area contributed by atoms with Crippen molar-refractivity contribution in [3.63, 3.8) is 0 Å². The van der Waals surface area contributed by atoms with Crippen molar-refractivity contribution in [1.82, 2.24) is 9.99 Å². The number of nitrogens with zero attached hydrogens (tertiary/aromatic N) is 2. The van der Waals surface area contributed by atoms with Crippen LogP contribution in [0.2, 0.25) is 0 Å². The molecule has 1 heterocycles. The molecule has 4 rings (SSSR count). The summed E-state index contributed by atoms with van der Waals surface area (Å²) in [6, 6.07) is 28.0. The number of hydrazone groups is 1. The second kappa shape index (κ2) is 9.27. The van der Waals surface area contributed by atoms with E-state index in [1.54, 1.807) is 54.7 Å². The fraction of sp³-hybridized carbons (Fsp3) is 0.143. The van der Waals surface area contributed by atoms with Crippen LogP contribution in [0.25, 0.3) is 5.69 Å². The SMILES string of the molecule is Cc1ccccc1-n1c(C)cc(/C=N\NC(=O)C(O)(c2ccccc2)c2ccccc2)c1C. The minimum atomic E-state index is -1.86. The first-order valence-electron chi connectivity index (χ1n) is 10.8. The average Bonchev–Trinajstić information content (AvgIpc) is 3.12. The summed E-state index contributed by atoms with van der Waals surface area (Å²) in [4.78, 5) is 13.2. The molecule has 5 heteroatoms. The van der Waals surface area contributed by atoms with Gasteiger partial charge in [0.2, 0.25) is 0 Å². The number of hydrogen-bond donors (Lipinski definition) is 2. The van der Waals surface area contributed by atoms with Crippen LogP contribution in [-0.4, -0.2) is 21.8 Å². The van der Waals surface area contributed by atoms with Crippen LogP contribution in [0, 0.1) is 20.8 Å². The Morgan fingerprint density at radius 2 is 1.42 bits per heavy atom. The van der Waals surface area contributed by atoms with Gasteiger partial charge in [0, 0.05) is 22.6 Å². The summed E-state index contributed by atoms with van der Waals surface area (Å²) in [5.74, 6) is -0.621. The Balaban J connectivity index is 1.62. The van der Waals surface area contributed by atoms with Crippen LogP contribution in [0.1, 0.15) is 33.6 Å². The van der Waals surface area contributed by atoms with Gasteiger partial charge >= 0.3 is 0 Å². The van der Waals surface area contributed by atoms with Gasteiger partial charge in [-0.15, -0.1) is 0 Å². The van der Waals surface area contributed by atoms with E-state index in [1.165, 1.54) is 5.56 Å². The standard InChI is InChI=1S/C28H27N3O2/c1-20-12-10-11-17-26(20)31-21(2)18-23(22(31)3)19-29-30-27(32)28(33,24-13-6-4-7-14-24)25-15-8-5-9-16-25/h4-19,33H,1-3H3,(H,30,32)/b29-19-. The largest absolute Gasteiger partial charge is 0.372 e. The molecule has 0 saturated heterocycles. The van der Waals surface area contributed by atoms with Crippen molar-refractivity contribution in [2.45, 2.75) is 26.4 Å². The Morgan fingerprint density at radius 3 is 2.00 bits per heavy atom. The summed E-state index contributed by atoms with van der Waals surface area (Å²) >= 11 is 0. The maximum atomic E-state index is 13.2. The van der Waals surface area contributed by atoms with E-state index in [2.05, 4.69) is 34.2 Å². The Labute approximate surface area is 194 Å². The first-order chi connectivity index (χ1) is 15.9. The van der Waals surface area contributed by atoms with Gasteiger partial charge in [0.15, 0.2) is 5.60 Å². The van der Waals surface area contributed by atoms with E-state index in [9.17, 15) is 9.90 Å². The predicted octanol–water partition coefficient (Wildman–Crippen LogP) is 4.79. The molecule has 166 valence electrons. The van der Waals surface area contributed by atoms with E-state index in [0.29, 0.717) is 11.1 Å². The topological polar surface area (TPSA) is 66.6 Å².